The molecule has 3 rings (SSSR count). The van der Waals surface area contributed by atoms with Crippen LogP contribution in [0.4, 0.5) is 4.39 Å². The molecule has 0 N–H and O–H groups in total. The summed E-state index contributed by atoms with van der Waals surface area (Å²) in [4.78, 5) is 0. The number of ether oxygens (including phenoxy) is 1. The molecule has 0 aromatic carbocycles. The summed E-state index contributed by atoms with van der Waals surface area (Å²) in [5.74, 6) is 10.0. The molecule has 142 valence electrons. The van der Waals surface area contributed by atoms with Gasteiger partial charge in [0.1, 0.15) is 6.17 Å². The first-order valence-corrected chi connectivity index (χ1v) is 11.0. The zero-order valence-electron chi connectivity index (χ0n) is 16.1. The van der Waals surface area contributed by atoms with Crippen LogP contribution in [0.2, 0.25) is 0 Å². The normalized spacial score (nSPS) is 39.4. The lowest BCUT2D eigenvalue weighted by atomic mass is 9.70. The second-order valence-corrected chi connectivity index (χ2v) is 8.76. The third kappa shape index (κ3) is 5.99. The molecule has 0 radical (unpaired) electrons. The number of hydrogen-bond acceptors (Lipinski definition) is 1. The summed E-state index contributed by atoms with van der Waals surface area (Å²) >= 11 is 0. The molecule has 25 heavy (non-hydrogen) atoms. The topological polar surface area (TPSA) is 9.23 Å². The number of hydrogen-bond donors (Lipinski definition) is 0. The van der Waals surface area contributed by atoms with Crippen LogP contribution in [0.1, 0.15) is 90.4 Å². The Hall–Kier alpha value is -0.550. The van der Waals surface area contributed by atoms with Crippen LogP contribution in [0.25, 0.3) is 0 Å². The van der Waals surface area contributed by atoms with Gasteiger partial charge in [0.2, 0.25) is 0 Å². The van der Waals surface area contributed by atoms with E-state index < -0.39 is 6.17 Å². The van der Waals surface area contributed by atoms with Gasteiger partial charge in [0.05, 0.1) is 6.10 Å². The summed E-state index contributed by atoms with van der Waals surface area (Å²) < 4.78 is 19.1. The number of rotatable bonds is 4. The molecule has 0 saturated heterocycles. The van der Waals surface area contributed by atoms with Crippen LogP contribution < -0.4 is 0 Å². The van der Waals surface area contributed by atoms with Crippen LogP contribution in [0.5, 0.6) is 0 Å². The Balaban J connectivity index is 1.35. The van der Waals surface area contributed by atoms with Crippen LogP contribution in [0.15, 0.2) is 0 Å². The van der Waals surface area contributed by atoms with Crippen molar-refractivity contribution in [3.63, 3.8) is 0 Å². The van der Waals surface area contributed by atoms with Crippen molar-refractivity contribution in [2.45, 2.75) is 103 Å². The largest absolute Gasteiger partial charge is 0.378 e. The molecule has 3 saturated carbocycles. The molecular formula is C23H37FO. The molecule has 1 nitrogen and oxygen atoms in total. The van der Waals surface area contributed by atoms with Gasteiger partial charge in [-0.1, -0.05) is 18.8 Å². The van der Waals surface area contributed by atoms with E-state index in [-0.39, 0.29) is 0 Å². The molecule has 0 bridgehead atoms. The highest BCUT2D eigenvalue weighted by Gasteiger charge is 2.30. The van der Waals surface area contributed by atoms with Crippen molar-refractivity contribution in [1.82, 2.24) is 0 Å². The number of alkyl halides is 1. The highest BCUT2D eigenvalue weighted by molar-refractivity contribution is 5.09. The lowest BCUT2D eigenvalue weighted by molar-refractivity contribution is 0.00806. The molecule has 3 fully saturated rings. The average Bonchev–Trinajstić information content (AvgIpc) is 2.67. The minimum absolute atomic E-state index is 0.475. The second-order valence-electron chi connectivity index (χ2n) is 8.76. The van der Waals surface area contributed by atoms with Crippen molar-refractivity contribution < 1.29 is 9.13 Å². The Morgan fingerprint density at radius 2 is 1.20 bits per heavy atom. The predicted molar refractivity (Wildman–Crippen MR) is 102 cm³/mol. The van der Waals surface area contributed by atoms with Gasteiger partial charge in [0, 0.05) is 18.4 Å². The van der Waals surface area contributed by atoms with Gasteiger partial charge in [-0.05, 0) is 95.3 Å². The van der Waals surface area contributed by atoms with Gasteiger partial charge in [-0.2, -0.15) is 0 Å². The fourth-order valence-corrected chi connectivity index (χ4v) is 5.18. The standard InChI is InChI=1S/C23H37FO/c1-2-17-25-23-15-11-21(12-16-23)20-9-5-18(6-10-20)3-4-19-7-13-22(24)14-8-19/h18-23H,2,5-17H2,1H3. The summed E-state index contributed by atoms with van der Waals surface area (Å²) in [6.07, 6.45) is 15.2. The number of halogens is 1. The molecule has 0 spiro atoms. The minimum atomic E-state index is -0.559. The monoisotopic (exact) mass is 348 g/mol. The summed E-state index contributed by atoms with van der Waals surface area (Å²) in [7, 11) is 0. The van der Waals surface area contributed by atoms with Crippen molar-refractivity contribution in [1.29, 1.82) is 0 Å². The van der Waals surface area contributed by atoms with E-state index >= 15 is 0 Å². The highest BCUT2D eigenvalue weighted by Crippen LogP contribution is 2.40. The lowest BCUT2D eigenvalue weighted by Crippen LogP contribution is -2.28. The quantitative estimate of drug-likeness (QED) is 0.541. The first-order chi connectivity index (χ1) is 12.2. The SMILES string of the molecule is CCCOC1CCC(C2CCC(C#CC3CCC(F)CC3)CC2)CC1. The van der Waals surface area contributed by atoms with Crippen molar-refractivity contribution in [2.75, 3.05) is 6.61 Å². The fourth-order valence-electron chi connectivity index (χ4n) is 5.18. The molecule has 0 heterocycles. The van der Waals surface area contributed by atoms with Crippen molar-refractivity contribution >= 4 is 0 Å². The minimum Gasteiger partial charge on any atom is -0.378 e. The maximum Gasteiger partial charge on any atom is 0.100 e. The molecule has 0 aromatic rings. The van der Waals surface area contributed by atoms with E-state index in [0.29, 0.717) is 17.9 Å². The molecule has 2 heteroatoms. The Kier molecular flexibility index (Phi) is 7.66. The summed E-state index contributed by atoms with van der Waals surface area (Å²) in [6, 6.07) is 0. The van der Waals surface area contributed by atoms with E-state index in [9.17, 15) is 4.39 Å². The molecular weight excluding hydrogens is 311 g/mol. The van der Waals surface area contributed by atoms with Gasteiger partial charge in [-0.25, -0.2) is 4.39 Å². The predicted octanol–water partition coefficient (Wildman–Crippen LogP) is 6.31. The van der Waals surface area contributed by atoms with Crippen molar-refractivity contribution in [3.05, 3.63) is 0 Å². The smallest absolute Gasteiger partial charge is 0.100 e. The van der Waals surface area contributed by atoms with Gasteiger partial charge >= 0.3 is 0 Å². The Bertz CT molecular complexity index is 427. The van der Waals surface area contributed by atoms with Gasteiger partial charge in [-0.3, -0.25) is 0 Å². The summed E-state index contributed by atoms with van der Waals surface area (Å²) in [5, 5.41) is 0. The fraction of sp³-hybridized carbons (Fsp3) is 0.913. The van der Waals surface area contributed by atoms with Gasteiger partial charge in [0.25, 0.3) is 0 Å². The van der Waals surface area contributed by atoms with Gasteiger partial charge in [0.15, 0.2) is 0 Å². The first kappa shape index (κ1) is 19.2. The maximum atomic E-state index is 13.2. The van der Waals surface area contributed by atoms with E-state index in [1.165, 1.54) is 51.4 Å². The van der Waals surface area contributed by atoms with E-state index in [1.54, 1.807) is 0 Å². The molecule has 0 aliphatic heterocycles. The molecule has 3 aliphatic rings. The van der Waals surface area contributed by atoms with Crippen LogP contribution in [-0.2, 0) is 4.74 Å². The molecule has 0 aromatic heterocycles. The van der Waals surface area contributed by atoms with E-state index in [2.05, 4.69) is 18.8 Å². The Morgan fingerprint density at radius 1 is 0.720 bits per heavy atom. The zero-order chi connectivity index (χ0) is 17.5. The summed E-state index contributed by atoms with van der Waals surface area (Å²) in [6.45, 7) is 3.13. The van der Waals surface area contributed by atoms with E-state index in [0.717, 1.165) is 50.5 Å². The molecule has 0 amide bonds. The van der Waals surface area contributed by atoms with Gasteiger partial charge < -0.3 is 4.74 Å². The Morgan fingerprint density at radius 3 is 1.72 bits per heavy atom. The maximum absolute atomic E-state index is 13.2. The van der Waals surface area contributed by atoms with Crippen LogP contribution >= 0.6 is 0 Å². The van der Waals surface area contributed by atoms with Crippen LogP contribution in [0.3, 0.4) is 0 Å². The second kappa shape index (κ2) is 9.96. The third-order valence-electron chi connectivity index (χ3n) is 6.86. The summed E-state index contributed by atoms with van der Waals surface area (Å²) in [5.41, 5.74) is 0. The zero-order valence-corrected chi connectivity index (χ0v) is 16.1. The van der Waals surface area contributed by atoms with E-state index in [1.807, 2.05) is 0 Å². The van der Waals surface area contributed by atoms with Crippen LogP contribution in [0, 0.1) is 35.5 Å². The highest BCUT2D eigenvalue weighted by atomic mass is 19.1. The van der Waals surface area contributed by atoms with Crippen LogP contribution in [-0.4, -0.2) is 18.9 Å². The van der Waals surface area contributed by atoms with E-state index in [4.69, 9.17) is 4.74 Å². The first-order valence-electron chi connectivity index (χ1n) is 11.0. The average molecular weight is 349 g/mol. The molecule has 0 unspecified atom stereocenters. The molecule has 0 atom stereocenters. The van der Waals surface area contributed by atoms with Gasteiger partial charge in [-0.15, -0.1) is 0 Å². The Labute approximate surface area is 154 Å². The lowest BCUT2D eigenvalue weighted by Gasteiger charge is -2.37. The molecule has 3 aliphatic carbocycles. The third-order valence-corrected chi connectivity index (χ3v) is 6.86. The van der Waals surface area contributed by atoms with Crippen molar-refractivity contribution in [2.24, 2.45) is 23.7 Å². The van der Waals surface area contributed by atoms with Crippen molar-refractivity contribution in [3.8, 4) is 11.8 Å².